The summed E-state index contributed by atoms with van der Waals surface area (Å²) in [6, 6.07) is 12.0. The van der Waals surface area contributed by atoms with Crippen molar-refractivity contribution in [2.24, 2.45) is 0 Å². The van der Waals surface area contributed by atoms with Gasteiger partial charge in [0.25, 0.3) is 0 Å². The number of amides is 1. The first-order chi connectivity index (χ1) is 12.7. The van der Waals surface area contributed by atoms with Crippen molar-refractivity contribution in [2.45, 2.75) is 31.2 Å². The van der Waals surface area contributed by atoms with E-state index in [0.29, 0.717) is 16.9 Å². The van der Waals surface area contributed by atoms with E-state index in [9.17, 15) is 14.7 Å². The lowest BCUT2D eigenvalue weighted by Gasteiger charge is -2.34. The van der Waals surface area contributed by atoms with Crippen LogP contribution in [0.15, 0.2) is 42.5 Å². The summed E-state index contributed by atoms with van der Waals surface area (Å²) in [6.07, 6.45) is -0.713. The van der Waals surface area contributed by atoms with Crippen molar-refractivity contribution in [1.29, 1.82) is 0 Å². The molecule has 0 fully saturated rings. The van der Waals surface area contributed by atoms with Crippen LogP contribution in [-0.4, -0.2) is 36.0 Å². The molecule has 2 aromatic carbocycles. The molecule has 1 N–H and O–H groups in total. The minimum absolute atomic E-state index is 0.234. The summed E-state index contributed by atoms with van der Waals surface area (Å²) in [5.74, 6) is -1.91. The first-order valence-corrected chi connectivity index (χ1v) is 8.83. The Labute approximate surface area is 157 Å². The average Bonchev–Trinajstić information content (AvgIpc) is 2.99. The molecule has 1 aliphatic heterocycles. The summed E-state index contributed by atoms with van der Waals surface area (Å²) in [4.78, 5) is 26.9. The molecule has 0 radical (unpaired) electrons. The smallest absolute Gasteiger partial charge is 0.412 e. The van der Waals surface area contributed by atoms with E-state index in [1.54, 1.807) is 36.4 Å². The van der Waals surface area contributed by atoms with E-state index >= 15 is 0 Å². The molecule has 1 aliphatic carbocycles. The molecule has 4 rings (SSSR count). The maximum atomic E-state index is 13.2. The van der Waals surface area contributed by atoms with E-state index in [1.807, 2.05) is 19.9 Å². The van der Waals surface area contributed by atoms with E-state index in [-0.39, 0.29) is 11.5 Å². The van der Waals surface area contributed by atoms with Crippen molar-refractivity contribution in [1.82, 2.24) is 4.90 Å². The molecule has 1 amide bonds. The monoisotopic (exact) mass is 367 g/mol. The fourth-order valence-corrected chi connectivity index (χ4v) is 3.74. The number of Topliss-reactive ketones (excluding diaryl/α,β-unsaturated/α-hetero) is 1. The second-order valence-corrected chi connectivity index (χ2v) is 7.48. The average molecular weight is 367 g/mol. The van der Waals surface area contributed by atoms with Crippen LogP contribution in [0.2, 0.25) is 0 Å². The topological polar surface area (TPSA) is 76.1 Å². The lowest BCUT2D eigenvalue weighted by atomic mass is 9.86. The molecule has 0 saturated heterocycles. The highest BCUT2D eigenvalue weighted by molar-refractivity contribution is 6.10. The number of carbonyl (C=O) groups excluding carboxylic acids is 2. The van der Waals surface area contributed by atoms with Gasteiger partial charge < -0.3 is 19.5 Å². The van der Waals surface area contributed by atoms with Gasteiger partial charge in [-0.25, -0.2) is 4.79 Å². The molecular formula is C21H21NO5. The van der Waals surface area contributed by atoms with Gasteiger partial charge in [-0.15, -0.1) is 0 Å². The fraction of sp³-hybridized carbons (Fsp3) is 0.333. The number of ether oxygens (including phenoxy) is 2. The molecule has 1 heterocycles. The molecule has 2 aromatic rings. The zero-order valence-electron chi connectivity index (χ0n) is 15.6. The van der Waals surface area contributed by atoms with Crippen LogP contribution in [0.5, 0.6) is 5.75 Å². The SMILES string of the molecule is CC(C)c1ccc2c(c1)OC1(OC(=O)N(C)C)c3ccccc3C(=O)C21O. The molecule has 6 heteroatoms. The Bertz CT molecular complexity index is 967. The molecule has 2 unspecified atom stereocenters. The maximum Gasteiger partial charge on any atom is 0.412 e. The molecule has 0 spiro atoms. The fourth-order valence-electron chi connectivity index (χ4n) is 3.74. The molecule has 0 saturated carbocycles. The summed E-state index contributed by atoms with van der Waals surface area (Å²) in [7, 11) is 3.05. The van der Waals surface area contributed by atoms with Crippen LogP contribution >= 0.6 is 0 Å². The van der Waals surface area contributed by atoms with Crippen LogP contribution in [0.25, 0.3) is 0 Å². The van der Waals surface area contributed by atoms with Gasteiger partial charge >= 0.3 is 11.9 Å². The van der Waals surface area contributed by atoms with Crippen molar-refractivity contribution < 1.29 is 24.2 Å². The van der Waals surface area contributed by atoms with Crippen molar-refractivity contribution in [2.75, 3.05) is 14.1 Å². The summed E-state index contributed by atoms with van der Waals surface area (Å²) in [6.45, 7) is 4.07. The van der Waals surface area contributed by atoms with Crippen LogP contribution in [0.3, 0.4) is 0 Å². The highest BCUT2D eigenvalue weighted by Gasteiger charge is 2.73. The van der Waals surface area contributed by atoms with E-state index in [4.69, 9.17) is 9.47 Å². The number of fused-ring (bicyclic) bond motifs is 5. The molecule has 140 valence electrons. The first kappa shape index (κ1) is 17.5. The molecule has 0 bridgehead atoms. The lowest BCUT2D eigenvalue weighted by molar-refractivity contribution is -0.226. The standard InChI is InChI=1S/C21H21NO5/c1-12(2)13-9-10-16-17(11-13)26-21(27-19(24)22(3)4)15-8-6-5-7-14(15)18(23)20(16,21)25/h5-12,25H,1-4H3. The molecule has 0 aromatic heterocycles. The van der Waals surface area contributed by atoms with E-state index in [2.05, 4.69) is 0 Å². The van der Waals surface area contributed by atoms with Crippen molar-refractivity contribution >= 4 is 11.9 Å². The molecule has 2 aliphatic rings. The number of ketones is 1. The quantitative estimate of drug-likeness (QED) is 0.882. The second-order valence-electron chi connectivity index (χ2n) is 7.48. The zero-order valence-corrected chi connectivity index (χ0v) is 15.6. The zero-order chi connectivity index (χ0) is 19.6. The van der Waals surface area contributed by atoms with Crippen LogP contribution in [-0.2, 0) is 16.1 Å². The predicted molar refractivity (Wildman–Crippen MR) is 97.7 cm³/mol. The largest absolute Gasteiger partial charge is 0.444 e. The third kappa shape index (κ3) is 2.10. The Morgan fingerprint density at radius 2 is 1.85 bits per heavy atom. The van der Waals surface area contributed by atoms with E-state index < -0.39 is 23.3 Å². The van der Waals surface area contributed by atoms with Crippen molar-refractivity contribution in [3.05, 3.63) is 64.7 Å². The van der Waals surface area contributed by atoms with Gasteiger partial charge in [-0.1, -0.05) is 50.2 Å². The Morgan fingerprint density at radius 3 is 2.52 bits per heavy atom. The highest BCUT2D eigenvalue weighted by Crippen LogP contribution is 2.60. The van der Waals surface area contributed by atoms with Gasteiger partial charge in [0.05, 0.1) is 5.56 Å². The van der Waals surface area contributed by atoms with Gasteiger partial charge in [-0.05, 0) is 17.5 Å². The summed E-state index contributed by atoms with van der Waals surface area (Å²) < 4.78 is 11.8. The Kier molecular flexibility index (Phi) is 3.62. The number of carbonyl (C=O) groups is 2. The number of hydrogen-bond donors (Lipinski definition) is 1. The van der Waals surface area contributed by atoms with Gasteiger partial charge in [0.1, 0.15) is 5.75 Å². The lowest BCUT2D eigenvalue weighted by Crippen LogP contribution is -2.52. The third-order valence-electron chi connectivity index (χ3n) is 5.24. The van der Waals surface area contributed by atoms with Gasteiger partial charge in [0.2, 0.25) is 11.4 Å². The number of aliphatic hydroxyl groups is 1. The predicted octanol–water partition coefficient (Wildman–Crippen LogP) is 3.14. The van der Waals surface area contributed by atoms with E-state index in [1.165, 1.54) is 19.0 Å². The van der Waals surface area contributed by atoms with Crippen molar-refractivity contribution in [3.63, 3.8) is 0 Å². The minimum Gasteiger partial charge on any atom is -0.444 e. The third-order valence-corrected chi connectivity index (χ3v) is 5.24. The van der Waals surface area contributed by atoms with E-state index in [0.717, 1.165) is 5.56 Å². The number of benzene rings is 2. The molecule has 2 atom stereocenters. The van der Waals surface area contributed by atoms with Crippen LogP contribution in [0, 0.1) is 0 Å². The number of rotatable bonds is 2. The van der Waals surface area contributed by atoms with Crippen molar-refractivity contribution in [3.8, 4) is 5.75 Å². The highest BCUT2D eigenvalue weighted by atomic mass is 16.7. The van der Waals surface area contributed by atoms with Crippen LogP contribution in [0.4, 0.5) is 4.79 Å². The van der Waals surface area contributed by atoms with Crippen LogP contribution in [0.1, 0.15) is 46.8 Å². The number of nitrogens with zero attached hydrogens (tertiary/aromatic N) is 1. The first-order valence-electron chi connectivity index (χ1n) is 8.83. The molecule has 6 nitrogen and oxygen atoms in total. The van der Waals surface area contributed by atoms with Crippen LogP contribution < -0.4 is 4.74 Å². The molecular weight excluding hydrogens is 346 g/mol. The normalized spacial score (nSPS) is 24.9. The summed E-state index contributed by atoms with van der Waals surface area (Å²) in [5.41, 5.74) is -0.209. The summed E-state index contributed by atoms with van der Waals surface area (Å²) >= 11 is 0. The second kappa shape index (κ2) is 5.57. The van der Waals surface area contributed by atoms with Gasteiger partial charge in [-0.2, -0.15) is 0 Å². The maximum absolute atomic E-state index is 13.2. The Morgan fingerprint density at radius 1 is 1.15 bits per heavy atom. The Hall–Kier alpha value is -2.86. The summed E-state index contributed by atoms with van der Waals surface area (Å²) in [5, 5.41) is 11.6. The number of hydrogen-bond acceptors (Lipinski definition) is 5. The Balaban J connectivity index is 1.96. The van der Waals surface area contributed by atoms with Gasteiger partial charge in [0.15, 0.2) is 0 Å². The van der Waals surface area contributed by atoms with Gasteiger partial charge in [-0.3, -0.25) is 4.79 Å². The minimum atomic E-state index is -2.13. The van der Waals surface area contributed by atoms with Gasteiger partial charge in [0, 0.05) is 25.2 Å². The molecule has 27 heavy (non-hydrogen) atoms.